The van der Waals surface area contributed by atoms with Crippen LogP contribution in [0.15, 0.2) is 15.9 Å². The van der Waals surface area contributed by atoms with Gasteiger partial charge in [0.25, 0.3) is 0 Å². The molecule has 1 unspecified atom stereocenters. The molecule has 0 aliphatic heterocycles. The van der Waals surface area contributed by atoms with E-state index in [0.29, 0.717) is 6.04 Å². The van der Waals surface area contributed by atoms with Crippen molar-refractivity contribution in [2.24, 2.45) is 5.84 Å². The van der Waals surface area contributed by atoms with Gasteiger partial charge in [0, 0.05) is 4.88 Å². The first-order valence-electron chi connectivity index (χ1n) is 5.99. The van der Waals surface area contributed by atoms with E-state index >= 15 is 0 Å². The molecule has 92 valence electrons. The maximum atomic E-state index is 5.60. The Labute approximate surface area is 111 Å². The van der Waals surface area contributed by atoms with Crippen molar-refractivity contribution in [3.63, 3.8) is 0 Å². The molecule has 1 heterocycles. The van der Waals surface area contributed by atoms with Crippen molar-refractivity contribution in [1.29, 1.82) is 0 Å². The summed E-state index contributed by atoms with van der Waals surface area (Å²) in [5.41, 5.74) is 2.91. The summed E-state index contributed by atoms with van der Waals surface area (Å²) in [5, 5.41) is 0. The summed E-state index contributed by atoms with van der Waals surface area (Å²) < 4.78 is 1.17. The van der Waals surface area contributed by atoms with Crippen LogP contribution in [0.4, 0.5) is 0 Å². The second-order valence-electron chi connectivity index (χ2n) is 4.06. The zero-order valence-corrected chi connectivity index (χ0v) is 12.2. The number of nitrogens with one attached hydrogen (secondary N) is 1. The molecule has 0 spiro atoms. The molecule has 1 rings (SSSR count). The Morgan fingerprint density at radius 3 is 2.62 bits per heavy atom. The van der Waals surface area contributed by atoms with Gasteiger partial charge in [0.2, 0.25) is 0 Å². The van der Waals surface area contributed by atoms with Crippen molar-refractivity contribution in [1.82, 2.24) is 5.43 Å². The van der Waals surface area contributed by atoms with Gasteiger partial charge in [0.15, 0.2) is 0 Å². The monoisotopic (exact) mass is 304 g/mol. The number of hydrazine groups is 1. The molecular weight excluding hydrogens is 284 g/mol. The number of unbranched alkanes of at least 4 members (excludes halogenated alkanes) is 4. The average molecular weight is 305 g/mol. The van der Waals surface area contributed by atoms with Crippen LogP contribution >= 0.6 is 27.3 Å². The van der Waals surface area contributed by atoms with Gasteiger partial charge in [-0.3, -0.25) is 11.3 Å². The van der Waals surface area contributed by atoms with E-state index < -0.39 is 0 Å². The number of halogens is 1. The first-order valence-corrected chi connectivity index (χ1v) is 7.60. The third-order valence-electron chi connectivity index (χ3n) is 2.73. The topological polar surface area (TPSA) is 38.0 Å². The average Bonchev–Trinajstić information content (AvgIpc) is 2.70. The van der Waals surface area contributed by atoms with Gasteiger partial charge < -0.3 is 0 Å². The lowest BCUT2D eigenvalue weighted by atomic mass is 10.1. The number of rotatable bonds is 8. The molecule has 0 saturated heterocycles. The van der Waals surface area contributed by atoms with Crippen molar-refractivity contribution < 1.29 is 0 Å². The first kappa shape index (κ1) is 14.2. The summed E-state index contributed by atoms with van der Waals surface area (Å²) in [7, 11) is 0. The predicted molar refractivity (Wildman–Crippen MR) is 75.5 cm³/mol. The Bertz CT molecular complexity index is 288. The predicted octanol–water partition coefficient (Wildman–Crippen LogP) is 4.38. The summed E-state index contributed by atoms with van der Waals surface area (Å²) in [6.45, 7) is 2.24. The highest BCUT2D eigenvalue weighted by Crippen LogP contribution is 2.29. The molecule has 0 saturated carbocycles. The standard InChI is InChI=1S/C12H21BrN2S/c1-2-3-4-5-6-7-10(15-14)11-8-9-12(13)16-11/h8-10,15H,2-7,14H2,1H3. The minimum absolute atomic E-state index is 0.318. The molecular formula is C12H21BrN2S. The molecule has 0 fully saturated rings. The van der Waals surface area contributed by atoms with E-state index in [-0.39, 0.29) is 0 Å². The highest BCUT2D eigenvalue weighted by atomic mass is 79.9. The van der Waals surface area contributed by atoms with Gasteiger partial charge in [-0.2, -0.15) is 0 Å². The SMILES string of the molecule is CCCCCCCC(NN)c1ccc(Br)s1. The van der Waals surface area contributed by atoms with Crippen molar-refractivity contribution in [2.45, 2.75) is 51.5 Å². The Morgan fingerprint density at radius 1 is 1.31 bits per heavy atom. The van der Waals surface area contributed by atoms with Gasteiger partial charge >= 0.3 is 0 Å². The summed E-state index contributed by atoms with van der Waals surface area (Å²) in [5.74, 6) is 5.60. The highest BCUT2D eigenvalue weighted by Gasteiger charge is 2.11. The van der Waals surface area contributed by atoms with Crippen molar-refractivity contribution >= 4 is 27.3 Å². The molecule has 0 bridgehead atoms. The fourth-order valence-corrected chi connectivity index (χ4v) is 3.29. The third-order valence-corrected chi connectivity index (χ3v) is 4.47. The molecule has 0 aliphatic rings. The Kier molecular flexibility index (Phi) is 7.28. The summed E-state index contributed by atoms with van der Waals surface area (Å²) in [4.78, 5) is 1.32. The van der Waals surface area contributed by atoms with Crippen LogP contribution in [0.2, 0.25) is 0 Å². The number of hydrogen-bond acceptors (Lipinski definition) is 3. The second-order valence-corrected chi connectivity index (χ2v) is 6.56. The molecule has 0 amide bonds. The van der Waals surface area contributed by atoms with Crippen molar-refractivity contribution in [3.8, 4) is 0 Å². The summed E-state index contributed by atoms with van der Waals surface area (Å²) in [6.07, 6.45) is 7.71. The highest BCUT2D eigenvalue weighted by molar-refractivity contribution is 9.11. The normalized spacial score (nSPS) is 12.9. The second kappa shape index (κ2) is 8.23. The quantitative estimate of drug-likeness (QED) is 0.425. The molecule has 16 heavy (non-hydrogen) atoms. The van der Waals surface area contributed by atoms with Crippen LogP contribution in [0, 0.1) is 0 Å². The van der Waals surface area contributed by atoms with Gasteiger partial charge in [-0.25, -0.2) is 0 Å². The van der Waals surface area contributed by atoms with E-state index in [1.807, 2.05) is 0 Å². The number of hydrogen-bond donors (Lipinski definition) is 2. The maximum Gasteiger partial charge on any atom is 0.0702 e. The maximum absolute atomic E-state index is 5.60. The van der Waals surface area contributed by atoms with Crippen LogP contribution in [-0.4, -0.2) is 0 Å². The van der Waals surface area contributed by atoms with E-state index in [1.165, 1.54) is 40.8 Å². The van der Waals surface area contributed by atoms with Crippen molar-refractivity contribution in [3.05, 3.63) is 20.8 Å². The van der Waals surface area contributed by atoms with Crippen LogP contribution in [-0.2, 0) is 0 Å². The van der Waals surface area contributed by atoms with E-state index in [4.69, 9.17) is 5.84 Å². The minimum atomic E-state index is 0.318. The molecule has 2 nitrogen and oxygen atoms in total. The lowest BCUT2D eigenvalue weighted by Gasteiger charge is -2.13. The molecule has 0 aliphatic carbocycles. The van der Waals surface area contributed by atoms with Gasteiger partial charge in [-0.1, -0.05) is 39.0 Å². The molecule has 1 aromatic rings. The van der Waals surface area contributed by atoms with E-state index in [9.17, 15) is 0 Å². The smallest absolute Gasteiger partial charge is 0.0702 e. The van der Waals surface area contributed by atoms with Crippen LogP contribution in [0.3, 0.4) is 0 Å². The summed E-state index contributed by atoms with van der Waals surface area (Å²) in [6, 6.07) is 4.55. The number of nitrogens with two attached hydrogens (primary N) is 1. The molecule has 0 radical (unpaired) electrons. The fourth-order valence-electron chi connectivity index (χ4n) is 1.78. The third kappa shape index (κ3) is 4.95. The van der Waals surface area contributed by atoms with Gasteiger partial charge in [-0.05, 0) is 34.5 Å². The molecule has 3 N–H and O–H groups in total. The van der Waals surface area contributed by atoms with Crippen LogP contribution in [0.1, 0.15) is 56.4 Å². The molecule has 0 aromatic carbocycles. The Balaban J connectivity index is 2.27. The molecule has 1 atom stereocenters. The van der Waals surface area contributed by atoms with Gasteiger partial charge in [-0.15, -0.1) is 11.3 Å². The van der Waals surface area contributed by atoms with E-state index in [0.717, 1.165) is 6.42 Å². The number of thiophene rings is 1. The van der Waals surface area contributed by atoms with E-state index in [1.54, 1.807) is 11.3 Å². The fraction of sp³-hybridized carbons (Fsp3) is 0.667. The zero-order valence-electron chi connectivity index (χ0n) is 9.84. The lowest BCUT2D eigenvalue weighted by Crippen LogP contribution is -2.27. The lowest BCUT2D eigenvalue weighted by molar-refractivity contribution is 0.484. The van der Waals surface area contributed by atoms with Crippen LogP contribution in [0.25, 0.3) is 0 Å². The molecule has 1 aromatic heterocycles. The van der Waals surface area contributed by atoms with Crippen LogP contribution in [0.5, 0.6) is 0 Å². The van der Waals surface area contributed by atoms with Gasteiger partial charge in [0.05, 0.1) is 9.83 Å². The Hall–Kier alpha value is 0.1000. The first-order chi connectivity index (χ1) is 7.77. The Morgan fingerprint density at radius 2 is 2.06 bits per heavy atom. The van der Waals surface area contributed by atoms with Gasteiger partial charge in [0.1, 0.15) is 0 Å². The zero-order chi connectivity index (χ0) is 11.8. The summed E-state index contributed by atoms with van der Waals surface area (Å²) >= 11 is 5.24. The largest absolute Gasteiger partial charge is 0.271 e. The minimum Gasteiger partial charge on any atom is -0.271 e. The van der Waals surface area contributed by atoms with Crippen LogP contribution < -0.4 is 11.3 Å². The molecule has 4 heteroatoms. The van der Waals surface area contributed by atoms with Crippen molar-refractivity contribution in [2.75, 3.05) is 0 Å². The van der Waals surface area contributed by atoms with E-state index in [2.05, 4.69) is 40.4 Å².